The Hall–Kier alpha value is -4.23. The molecule has 4 aromatic heterocycles. The van der Waals surface area contributed by atoms with Crippen molar-refractivity contribution in [1.29, 1.82) is 0 Å². The third-order valence-corrected chi connectivity index (χ3v) is 9.30. The molecule has 0 amide bonds. The third-order valence-electron chi connectivity index (χ3n) is 6.90. The second kappa shape index (κ2) is 8.92. The van der Waals surface area contributed by atoms with E-state index in [2.05, 4.69) is 82.8 Å². The van der Waals surface area contributed by atoms with Gasteiger partial charge < -0.3 is 0 Å². The molecule has 0 aliphatic heterocycles. The smallest absolute Gasteiger partial charge is 0.224 e. The normalized spacial score (nSPS) is 11.7. The second-order valence-electron chi connectivity index (χ2n) is 9.23. The minimum absolute atomic E-state index is 0.253. The molecule has 0 aliphatic carbocycles. The molecular weight excluding hydrogens is 540 g/mol. The van der Waals surface area contributed by atoms with Crippen LogP contribution in [0.1, 0.15) is 0 Å². The summed E-state index contributed by atoms with van der Waals surface area (Å²) < 4.78 is 3.45. The quantitative estimate of drug-likeness (QED) is 0.203. The van der Waals surface area contributed by atoms with Gasteiger partial charge in [-0.1, -0.05) is 91.0 Å². The van der Waals surface area contributed by atoms with Crippen LogP contribution in [-0.2, 0) is 0 Å². The fourth-order valence-electron chi connectivity index (χ4n) is 5.09. The van der Waals surface area contributed by atoms with Gasteiger partial charge in [-0.15, -0.1) is 22.7 Å². The van der Waals surface area contributed by atoms with E-state index in [1.165, 1.54) is 9.40 Å². The predicted molar refractivity (Wildman–Crippen MR) is 165 cm³/mol. The first-order valence-corrected chi connectivity index (χ1v) is 14.4. The number of rotatable bonds is 3. The molecule has 0 spiro atoms. The van der Waals surface area contributed by atoms with Gasteiger partial charge in [-0.25, -0.2) is 19.9 Å². The van der Waals surface area contributed by atoms with E-state index in [0.29, 0.717) is 0 Å². The molecule has 0 aliphatic rings. The van der Waals surface area contributed by atoms with Gasteiger partial charge in [0.2, 0.25) is 5.28 Å². The average molecular weight is 557 g/mol. The maximum absolute atomic E-state index is 6.38. The molecule has 4 aromatic carbocycles. The van der Waals surface area contributed by atoms with Crippen molar-refractivity contribution < 1.29 is 0 Å². The van der Waals surface area contributed by atoms with Crippen molar-refractivity contribution in [1.82, 2.24) is 19.9 Å². The maximum atomic E-state index is 6.38. The van der Waals surface area contributed by atoms with Gasteiger partial charge in [-0.2, -0.15) is 0 Å². The first-order chi connectivity index (χ1) is 19.2. The van der Waals surface area contributed by atoms with Gasteiger partial charge in [0, 0.05) is 42.2 Å². The molecule has 8 rings (SSSR count). The monoisotopic (exact) mass is 556 g/mol. The number of hydrogen-bond donors (Lipinski definition) is 0. The number of fused-ring (bicyclic) bond motifs is 6. The van der Waals surface area contributed by atoms with Crippen molar-refractivity contribution >= 4 is 74.9 Å². The molecule has 0 bridgehead atoms. The topological polar surface area (TPSA) is 51.6 Å². The highest BCUT2D eigenvalue weighted by molar-refractivity contribution is 7.26. The molecule has 0 N–H and O–H groups in total. The summed E-state index contributed by atoms with van der Waals surface area (Å²) in [5, 5.41) is 3.58. The summed E-state index contributed by atoms with van der Waals surface area (Å²) >= 11 is 9.75. The summed E-state index contributed by atoms with van der Waals surface area (Å²) in [6, 6.07) is 35.3. The molecule has 8 aromatic rings. The number of thiophene rings is 2. The first kappa shape index (κ1) is 22.7. The van der Waals surface area contributed by atoms with E-state index < -0.39 is 0 Å². The second-order valence-corrected chi connectivity index (χ2v) is 11.7. The molecule has 4 nitrogen and oxygen atoms in total. The van der Waals surface area contributed by atoms with E-state index in [0.717, 1.165) is 65.1 Å². The molecule has 0 atom stereocenters. The highest BCUT2D eigenvalue weighted by Crippen LogP contribution is 2.41. The Morgan fingerprint density at radius 2 is 1.15 bits per heavy atom. The highest BCUT2D eigenvalue weighted by atomic mass is 35.5. The first-order valence-electron chi connectivity index (χ1n) is 12.4. The molecule has 0 unspecified atom stereocenters. The van der Waals surface area contributed by atoms with Gasteiger partial charge in [0.25, 0.3) is 0 Å². The Kier molecular flexibility index (Phi) is 5.20. The summed E-state index contributed by atoms with van der Waals surface area (Å²) in [7, 11) is 0. The molecule has 0 saturated carbocycles. The lowest BCUT2D eigenvalue weighted by Gasteiger charge is -2.09. The standard InChI is InChI=1S/C32H17ClN4S2/c33-32-36-26(25-21-10-4-6-12-23(21)39-31(25)37-32)18-14-16-19(17-15-18)27-29-28(22-11-5-7-13-24(22)38-29)35-30(34-27)20-8-2-1-3-9-20/h1-17H. The third kappa shape index (κ3) is 3.72. The van der Waals surface area contributed by atoms with Gasteiger partial charge in [0.15, 0.2) is 5.82 Å². The molecule has 0 saturated heterocycles. The molecule has 39 heavy (non-hydrogen) atoms. The van der Waals surface area contributed by atoms with Crippen molar-refractivity contribution in [2.24, 2.45) is 0 Å². The Labute approximate surface area is 236 Å². The summed E-state index contributed by atoms with van der Waals surface area (Å²) in [5.41, 5.74) is 5.77. The van der Waals surface area contributed by atoms with Crippen LogP contribution in [-0.4, -0.2) is 19.9 Å². The van der Waals surface area contributed by atoms with Crippen LogP contribution in [0, 0.1) is 0 Å². The molecule has 0 fully saturated rings. The molecule has 0 radical (unpaired) electrons. The SMILES string of the molecule is Clc1nc(-c2ccc(-c3nc(-c4ccccc4)nc4c3sc3ccccc34)cc2)c2c(n1)sc1ccccc12. The summed E-state index contributed by atoms with van der Waals surface area (Å²) in [6.07, 6.45) is 0. The van der Waals surface area contributed by atoms with E-state index in [1.54, 1.807) is 22.7 Å². The number of nitrogens with zero attached hydrogens (tertiary/aromatic N) is 4. The van der Waals surface area contributed by atoms with Crippen LogP contribution in [0.3, 0.4) is 0 Å². The van der Waals surface area contributed by atoms with E-state index in [1.807, 2.05) is 30.3 Å². The fraction of sp³-hybridized carbons (Fsp3) is 0. The predicted octanol–water partition coefficient (Wildman–Crippen LogP) is 9.66. The van der Waals surface area contributed by atoms with Gasteiger partial charge in [-0.3, -0.25) is 0 Å². The van der Waals surface area contributed by atoms with E-state index >= 15 is 0 Å². The summed E-state index contributed by atoms with van der Waals surface area (Å²) in [6.45, 7) is 0. The van der Waals surface area contributed by atoms with Crippen LogP contribution in [0.5, 0.6) is 0 Å². The number of aromatic nitrogens is 4. The minimum atomic E-state index is 0.253. The van der Waals surface area contributed by atoms with Crippen molar-refractivity contribution in [2.45, 2.75) is 0 Å². The van der Waals surface area contributed by atoms with Gasteiger partial charge in [0.05, 0.1) is 21.6 Å². The van der Waals surface area contributed by atoms with Crippen molar-refractivity contribution in [2.75, 3.05) is 0 Å². The molecule has 4 heterocycles. The summed E-state index contributed by atoms with van der Waals surface area (Å²) in [4.78, 5) is 20.2. The maximum Gasteiger partial charge on any atom is 0.224 e. The molecule has 7 heteroatoms. The lowest BCUT2D eigenvalue weighted by Crippen LogP contribution is -1.94. The van der Waals surface area contributed by atoms with Crippen LogP contribution >= 0.6 is 34.3 Å². The highest BCUT2D eigenvalue weighted by Gasteiger charge is 2.18. The Balaban J connectivity index is 1.33. The van der Waals surface area contributed by atoms with E-state index in [9.17, 15) is 0 Å². The van der Waals surface area contributed by atoms with Crippen LogP contribution < -0.4 is 0 Å². The Bertz CT molecular complexity index is 2180. The fourth-order valence-corrected chi connectivity index (χ4v) is 7.54. The summed E-state index contributed by atoms with van der Waals surface area (Å²) in [5.74, 6) is 0.722. The Morgan fingerprint density at radius 1 is 0.513 bits per heavy atom. The number of halogens is 1. The van der Waals surface area contributed by atoms with Crippen LogP contribution in [0.2, 0.25) is 5.28 Å². The van der Waals surface area contributed by atoms with Crippen molar-refractivity contribution in [3.8, 4) is 33.9 Å². The van der Waals surface area contributed by atoms with Gasteiger partial charge in [-0.05, 0) is 23.7 Å². The lowest BCUT2D eigenvalue weighted by molar-refractivity contribution is 1.23. The van der Waals surface area contributed by atoms with Crippen molar-refractivity contribution in [3.63, 3.8) is 0 Å². The largest absolute Gasteiger partial charge is 0.226 e. The Morgan fingerprint density at radius 3 is 1.92 bits per heavy atom. The lowest BCUT2D eigenvalue weighted by atomic mass is 10.0. The number of hydrogen-bond acceptors (Lipinski definition) is 6. The van der Waals surface area contributed by atoms with E-state index in [-0.39, 0.29) is 5.28 Å². The molecular formula is C32H17ClN4S2. The van der Waals surface area contributed by atoms with Crippen LogP contribution in [0.4, 0.5) is 0 Å². The zero-order valence-electron chi connectivity index (χ0n) is 20.3. The zero-order chi connectivity index (χ0) is 25.9. The van der Waals surface area contributed by atoms with Gasteiger partial charge >= 0.3 is 0 Å². The van der Waals surface area contributed by atoms with Crippen LogP contribution in [0.25, 0.3) is 74.5 Å². The van der Waals surface area contributed by atoms with E-state index in [4.69, 9.17) is 21.6 Å². The number of benzene rings is 4. The zero-order valence-corrected chi connectivity index (χ0v) is 22.7. The minimum Gasteiger partial charge on any atom is -0.226 e. The average Bonchev–Trinajstić information content (AvgIpc) is 3.55. The van der Waals surface area contributed by atoms with Crippen LogP contribution in [0.15, 0.2) is 103 Å². The van der Waals surface area contributed by atoms with Gasteiger partial charge in [0.1, 0.15) is 4.83 Å². The van der Waals surface area contributed by atoms with Crippen molar-refractivity contribution in [3.05, 3.63) is 108 Å². The molecule has 184 valence electrons.